The van der Waals surface area contributed by atoms with Crippen LogP contribution in [0.15, 0.2) is 30.3 Å². The molecule has 0 aromatic heterocycles. The van der Waals surface area contributed by atoms with Crippen molar-refractivity contribution in [3.63, 3.8) is 0 Å². The summed E-state index contributed by atoms with van der Waals surface area (Å²) in [4.78, 5) is 26.7. The minimum absolute atomic E-state index is 0.148. The predicted molar refractivity (Wildman–Crippen MR) is 88.7 cm³/mol. The molecular formula is C17H14ClNO5. The first kappa shape index (κ1) is 16.1. The van der Waals surface area contributed by atoms with Crippen LogP contribution in [0.1, 0.15) is 20.7 Å². The first-order valence-corrected chi connectivity index (χ1v) is 7.38. The van der Waals surface area contributed by atoms with Gasteiger partial charge in [-0.05, 0) is 30.3 Å². The fraction of sp³-hybridized carbons (Fsp3) is 0.176. The van der Waals surface area contributed by atoms with Gasteiger partial charge in [-0.3, -0.25) is 9.59 Å². The zero-order valence-electron chi connectivity index (χ0n) is 13.3. The number of hydrogen-bond acceptors (Lipinski definition) is 5. The number of rotatable bonds is 4. The molecule has 1 heterocycles. The van der Waals surface area contributed by atoms with E-state index in [0.29, 0.717) is 16.5 Å². The number of carbonyl (C=O) groups is 2. The Morgan fingerprint density at radius 3 is 2.04 bits per heavy atom. The van der Waals surface area contributed by atoms with Crippen LogP contribution in [-0.4, -0.2) is 33.1 Å². The van der Waals surface area contributed by atoms with Crippen LogP contribution in [0, 0.1) is 0 Å². The number of halogens is 1. The first-order chi connectivity index (χ1) is 11.5. The lowest BCUT2D eigenvalue weighted by Gasteiger charge is -2.14. The summed E-state index contributed by atoms with van der Waals surface area (Å²) >= 11 is 5.87. The second-order valence-electron chi connectivity index (χ2n) is 4.99. The fourth-order valence-electron chi connectivity index (χ4n) is 2.69. The Kier molecular flexibility index (Phi) is 4.07. The number of benzene rings is 2. The van der Waals surface area contributed by atoms with Crippen LogP contribution < -0.4 is 19.1 Å². The van der Waals surface area contributed by atoms with E-state index in [-0.39, 0.29) is 22.6 Å². The van der Waals surface area contributed by atoms with Crippen molar-refractivity contribution in [3.05, 3.63) is 46.5 Å². The quantitative estimate of drug-likeness (QED) is 0.795. The normalized spacial score (nSPS) is 13.1. The number of carbonyl (C=O) groups excluding carboxylic acids is 2. The molecule has 2 aromatic carbocycles. The molecule has 3 rings (SSSR count). The average Bonchev–Trinajstić information content (AvgIpc) is 2.84. The maximum absolute atomic E-state index is 12.8. The van der Waals surface area contributed by atoms with E-state index in [1.54, 1.807) is 24.3 Å². The van der Waals surface area contributed by atoms with Gasteiger partial charge in [-0.25, -0.2) is 4.90 Å². The lowest BCUT2D eigenvalue weighted by Crippen LogP contribution is -2.29. The molecule has 0 fully saturated rings. The number of imide groups is 1. The Labute approximate surface area is 143 Å². The van der Waals surface area contributed by atoms with Gasteiger partial charge in [0.1, 0.15) is 0 Å². The van der Waals surface area contributed by atoms with Gasteiger partial charge in [-0.1, -0.05) is 11.6 Å². The molecule has 0 unspecified atom stereocenters. The van der Waals surface area contributed by atoms with Gasteiger partial charge in [0, 0.05) is 5.02 Å². The van der Waals surface area contributed by atoms with Crippen LogP contribution in [0.4, 0.5) is 5.69 Å². The van der Waals surface area contributed by atoms with Crippen molar-refractivity contribution in [2.75, 3.05) is 26.2 Å². The van der Waals surface area contributed by atoms with Gasteiger partial charge < -0.3 is 14.2 Å². The van der Waals surface area contributed by atoms with Gasteiger partial charge in [0.25, 0.3) is 11.8 Å². The van der Waals surface area contributed by atoms with Crippen molar-refractivity contribution in [1.29, 1.82) is 0 Å². The topological polar surface area (TPSA) is 65.1 Å². The van der Waals surface area contributed by atoms with E-state index < -0.39 is 11.8 Å². The third kappa shape index (κ3) is 2.27. The van der Waals surface area contributed by atoms with E-state index in [4.69, 9.17) is 25.8 Å². The predicted octanol–water partition coefficient (Wildman–Crippen LogP) is 3.17. The molecule has 0 N–H and O–H groups in total. The molecule has 0 saturated carbocycles. The average molecular weight is 348 g/mol. The summed E-state index contributed by atoms with van der Waals surface area (Å²) < 4.78 is 15.8. The molecule has 0 bridgehead atoms. The number of anilines is 1. The molecule has 2 aromatic rings. The van der Waals surface area contributed by atoms with Crippen LogP contribution in [0.2, 0.25) is 5.02 Å². The minimum atomic E-state index is -0.491. The maximum Gasteiger partial charge on any atom is 0.270 e. The standard InChI is InChI=1S/C17H14ClNO5/c1-22-12-8-11-13(15(24-3)14(12)23-2)17(21)19(16(11)20)10-6-4-9(18)5-7-10/h4-8H,1-3H3. The van der Waals surface area contributed by atoms with E-state index in [0.717, 1.165) is 4.90 Å². The Morgan fingerprint density at radius 1 is 0.875 bits per heavy atom. The lowest BCUT2D eigenvalue weighted by atomic mass is 10.1. The van der Waals surface area contributed by atoms with E-state index in [1.165, 1.54) is 27.4 Å². The SMILES string of the molecule is COc1cc2c(c(OC)c1OC)C(=O)N(c1ccc(Cl)cc1)C2=O. The zero-order chi connectivity index (χ0) is 17.4. The smallest absolute Gasteiger partial charge is 0.270 e. The second-order valence-corrected chi connectivity index (χ2v) is 5.43. The second kappa shape index (κ2) is 6.05. The molecule has 1 aliphatic rings. The molecule has 0 radical (unpaired) electrons. The van der Waals surface area contributed by atoms with Crippen molar-refractivity contribution >= 4 is 29.1 Å². The zero-order valence-corrected chi connectivity index (χ0v) is 14.0. The van der Waals surface area contributed by atoms with Crippen molar-refractivity contribution in [2.24, 2.45) is 0 Å². The van der Waals surface area contributed by atoms with E-state index in [2.05, 4.69) is 0 Å². The number of ether oxygens (including phenoxy) is 3. The Bertz CT molecular complexity index is 832. The number of fused-ring (bicyclic) bond motifs is 1. The number of nitrogens with zero attached hydrogens (tertiary/aromatic N) is 1. The van der Waals surface area contributed by atoms with Crippen LogP contribution in [-0.2, 0) is 0 Å². The molecule has 1 aliphatic heterocycles. The van der Waals surface area contributed by atoms with Crippen LogP contribution in [0.3, 0.4) is 0 Å². The van der Waals surface area contributed by atoms with E-state index in [1.807, 2.05) is 0 Å². The van der Waals surface area contributed by atoms with Crippen molar-refractivity contribution in [1.82, 2.24) is 0 Å². The molecule has 124 valence electrons. The highest BCUT2D eigenvalue weighted by Gasteiger charge is 2.41. The molecule has 2 amide bonds. The monoisotopic (exact) mass is 347 g/mol. The Hall–Kier alpha value is -2.73. The summed E-state index contributed by atoms with van der Waals surface area (Å²) in [6.45, 7) is 0. The highest BCUT2D eigenvalue weighted by atomic mass is 35.5. The molecule has 0 saturated heterocycles. The highest BCUT2D eigenvalue weighted by Crippen LogP contribution is 2.45. The summed E-state index contributed by atoms with van der Waals surface area (Å²) in [5.74, 6) is -0.210. The molecular weight excluding hydrogens is 334 g/mol. The maximum atomic E-state index is 12.8. The number of amides is 2. The van der Waals surface area contributed by atoms with E-state index in [9.17, 15) is 9.59 Å². The largest absolute Gasteiger partial charge is 0.493 e. The van der Waals surface area contributed by atoms with Crippen molar-refractivity contribution in [3.8, 4) is 17.2 Å². The molecule has 6 nitrogen and oxygen atoms in total. The number of methoxy groups -OCH3 is 3. The van der Waals surface area contributed by atoms with Crippen LogP contribution >= 0.6 is 11.6 Å². The third-order valence-corrected chi connectivity index (χ3v) is 4.02. The van der Waals surface area contributed by atoms with Gasteiger partial charge in [-0.2, -0.15) is 0 Å². The molecule has 7 heteroatoms. The Balaban J connectivity index is 2.20. The van der Waals surface area contributed by atoms with Gasteiger partial charge in [0.2, 0.25) is 5.75 Å². The van der Waals surface area contributed by atoms with Crippen LogP contribution in [0.25, 0.3) is 0 Å². The molecule has 0 atom stereocenters. The third-order valence-electron chi connectivity index (χ3n) is 3.77. The molecule has 0 spiro atoms. The summed E-state index contributed by atoms with van der Waals surface area (Å²) in [7, 11) is 4.28. The molecule has 0 aliphatic carbocycles. The van der Waals surface area contributed by atoms with Crippen molar-refractivity contribution < 1.29 is 23.8 Å². The van der Waals surface area contributed by atoms with Gasteiger partial charge in [0.15, 0.2) is 11.5 Å². The minimum Gasteiger partial charge on any atom is -0.493 e. The van der Waals surface area contributed by atoms with Gasteiger partial charge in [0.05, 0.1) is 38.1 Å². The summed E-state index contributed by atoms with van der Waals surface area (Å²) in [6.07, 6.45) is 0. The van der Waals surface area contributed by atoms with Gasteiger partial charge >= 0.3 is 0 Å². The summed E-state index contributed by atoms with van der Waals surface area (Å²) in [5, 5.41) is 0.510. The number of hydrogen-bond donors (Lipinski definition) is 0. The molecule has 24 heavy (non-hydrogen) atoms. The summed E-state index contributed by atoms with van der Waals surface area (Å²) in [5.41, 5.74) is 0.769. The van der Waals surface area contributed by atoms with Crippen LogP contribution in [0.5, 0.6) is 17.2 Å². The van der Waals surface area contributed by atoms with Crippen molar-refractivity contribution in [2.45, 2.75) is 0 Å². The lowest BCUT2D eigenvalue weighted by molar-refractivity contribution is 0.0925. The summed E-state index contributed by atoms with van der Waals surface area (Å²) in [6, 6.07) is 7.90. The highest BCUT2D eigenvalue weighted by molar-refractivity contribution is 6.36. The Morgan fingerprint density at radius 2 is 1.50 bits per heavy atom. The van der Waals surface area contributed by atoms with E-state index >= 15 is 0 Å². The first-order valence-electron chi connectivity index (χ1n) is 7.00. The van der Waals surface area contributed by atoms with Gasteiger partial charge in [-0.15, -0.1) is 0 Å². The fourth-order valence-corrected chi connectivity index (χ4v) is 2.81.